The van der Waals surface area contributed by atoms with E-state index in [0.29, 0.717) is 4.83 Å². The molecule has 0 aliphatic heterocycles. The van der Waals surface area contributed by atoms with Gasteiger partial charge in [0.05, 0.1) is 0 Å². The highest BCUT2D eigenvalue weighted by Crippen LogP contribution is 2.20. The van der Waals surface area contributed by atoms with Gasteiger partial charge in [-0.1, -0.05) is 65.3 Å². The van der Waals surface area contributed by atoms with Crippen LogP contribution in [0.5, 0.6) is 0 Å². The number of rotatable bonds is 4. The van der Waals surface area contributed by atoms with Gasteiger partial charge in [-0.15, -0.1) is 0 Å². The minimum absolute atomic E-state index is 0.627. The molecule has 0 saturated heterocycles. The zero-order chi connectivity index (χ0) is 11.4. The summed E-state index contributed by atoms with van der Waals surface area (Å²) in [7, 11) is 0. The Morgan fingerprint density at radius 1 is 1.06 bits per heavy atom. The molecule has 0 aliphatic rings. The van der Waals surface area contributed by atoms with Crippen LogP contribution in [0.2, 0.25) is 0 Å². The molecule has 16 heavy (non-hydrogen) atoms. The maximum Gasteiger partial charge on any atom is 0.0117 e. The van der Waals surface area contributed by atoms with Crippen molar-refractivity contribution in [2.75, 3.05) is 0 Å². The molecule has 0 amide bonds. The molecule has 0 spiro atoms. The Hall–Kier alpha value is -0.820. The first kappa shape index (κ1) is 11.7. The predicted octanol–water partition coefficient (Wildman–Crippen LogP) is 4.95. The summed E-state index contributed by atoms with van der Waals surface area (Å²) in [4.78, 5) is 0.627. The van der Waals surface area contributed by atoms with E-state index in [4.69, 9.17) is 0 Å². The Morgan fingerprint density at radius 2 is 1.81 bits per heavy atom. The number of hydrogen-bond acceptors (Lipinski definition) is 0. The van der Waals surface area contributed by atoms with Crippen molar-refractivity contribution in [3.8, 4) is 0 Å². The van der Waals surface area contributed by atoms with Crippen LogP contribution in [0.25, 0.3) is 10.8 Å². The SMILES string of the molecule is CC(Br)CCCc1cccc2ccccc12. The summed E-state index contributed by atoms with van der Waals surface area (Å²) in [6.45, 7) is 2.21. The summed E-state index contributed by atoms with van der Waals surface area (Å²) in [6.07, 6.45) is 3.67. The molecular formula is C15H17Br. The second-order valence-corrected chi connectivity index (χ2v) is 5.87. The van der Waals surface area contributed by atoms with Crippen LogP contribution in [0.1, 0.15) is 25.3 Å². The Balaban J connectivity index is 2.17. The number of alkyl halides is 1. The lowest BCUT2D eigenvalue weighted by atomic mass is 10.00. The van der Waals surface area contributed by atoms with Gasteiger partial charge in [0.25, 0.3) is 0 Å². The highest BCUT2D eigenvalue weighted by Gasteiger charge is 2.01. The van der Waals surface area contributed by atoms with Gasteiger partial charge in [0.1, 0.15) is 0 Å². The van der Waals surface area contributed by atoms with Crippen molar-refractivity contribution < 1.29 is 0 Å². The van der Waals surface area contributed by atoms with Gasteiger partial charge < -0.3 is 0 Å². The summed E-state index contributed by atoms with van der Waals surface area (Å²) in [6, 6.07) is 15.2. The first-order chi connectivity index (χ1) is 7.77. The summed E-state index contributed by atoms with van der Waals surface area (Å²) in [5.74, 6) is 0. The number of fused-ring (bicyclic) bond motifs is 1. The summed E-state index contributed by atoms with van der Waals surface area (Å²) in [5.41, 5.74) is 1.48. The Morgan fingerprint density at radius 3 is 2.62 bits per heavy atom. The van der Waals surface area contributed by atoms with Crippen LogP contribution in [0.3, 0.4) is 0 Å². The van der Waals surface area contributed by atoms with Crippen molar-refractivity contribution >= 4 is 26.7 Å². The smallest absolute Gasteiger partial charge is 0.0117 e. The average molecular weight is 277 g/mol. The van der Waals surface area contributed by atoms with Crippen LogP contribution in [0.4, 0.5) is 0 Å². The zero-order valence-electron chi connectivity index (χ0n) is 9.62. The van der Waals surface area contributed by atoms with Crippen molar-refractivity contribution in [3.63, 3.8) is 0 Å². The summed E-state index contributed by atoms with van der Waals surface area (Å²) in [5, 5.41) is 2.76. The molecule has 1 heteroatoms. The molecule has 0 heterocycles. The first-order valence-electron chi connectivity index (χ1n) is 5.88. The molecule has 2 rings (SSSR count). The topological polar surface area (TPSA) is 0 Å². The van der Waals surface area contributed by atoms with Crippen molar-refractivity contribution in [3.05, 3.63) is 48.0 Å². The molecular weight excluding hydrogens is 260 g/mol. The Kier molecular flexibility index (Phi) is 4.00. The van der Waals surface area contributed by atoms with E-state index < -0.39 is 0 Å². The zero-order valence-corrected chi connectivity index (χ0v) is 11.2. The molecule has 0 saturated carbocycles. The fraction of sp³-hybridized carbons (Fsp3) is 0.333. The lowest BCUT2D eigenvalue weighted by molar-refractivity contribution is 0.739. The minimum atomic E-state index is 0.627. The number of halogens is 1. The van der Waals surface area contributed by atoms with Gasteiger partial charge in [0, 0.05) is 4.83 Å². The van der Waals surface area contributed by atoms with Crippen molar-refractivity contribution in [1.29, 1.82) is 0 Å². The molecule has 0 aliphatic carbocycles. The van der Waals surface area contributed by atoms with Crippen LogP contribution in [0.15, 0.2) is 42.5 Å². The van der Waals surface area contributed by atoms with Gasteiger partial charge in [-0.3, -0.25) is 0 Å². The second-order valence-electron chi connectivity index (χ2n) is 4.31. The van der Waals surface area contributed by atoms with Gasteiger partial charge in [-0.2, -0.15) is 0 Å². The molecule has 0 nitrogen and oxygen atoms in total. The maximum absolute atomic E-state index is 3.60. The van der Waals surface area contributed by atoms with E-state index in [-0.39, 0.29) is 0 Å². The van der Waals surface area contributed by atoms with Gasteiger partial charge >= 0.3 is 0 Å². The van der Waals surface area contributed by atoms with Crippen molar-refractivity contribution in [1.82, 2.24) is 0 Å². The summed E-state index contributed by atoms with van der Waals surface area (Å²) >= 11 is 3.60. The standard InChI is InChI=1S/C15H17Br/c1-12(16)6-4-8-14-10-5-9-13-7-2-3-11-15(13)14/h2-3,5,7,9-12H,4,6,8H2,1H3. The fourth-order valence-corrected chi connectivity index (χ4v) is 2.41. The largest absolute Gasteiger partial charge is 0.0894 e. The van der Waals surface area contributed by atoms with E-state index in [0.717, 1.165) is 0 Å². The molecule has 0 fully saturated rings. The highest BCUT2D eigenvalue weighted by atomic mass is 79.9. The average Bonchev–Trinajstić information content (AvgIpc) is 2.29. The number of benzene rings is 2. The highest BCUT2D eigenvalue weighted by molar-refractivity contribution is 9.09. The molecule has 1 unspecified atom stereocenters. The third kappa shape index (κ3) is 2.85. The van der Waals surface area contributed by atoms with E-state index in [9.17, 15) is 0 Å². The van der Waals surface area contributed by atoms with Crippen LogP contribution >= 0.6 is 15.9 Å². The molecule has 0 bridgehead atoms. The van der Waals surface area contributed by atoms with Crippen LogP contribution in [-0.2, 0) is 6.42 Å². The molecule has 1 atom stereocenters. The van der Waals surface area contributed by atoms with E-state index in [1.165, 1.54) is 35.6 Å². The van der Waals surface area contributed by atoms with E-state index in [1.54, 1.807) is 0 Å². The van der Waals surface area contributed by atoms with Crippen molar-refractivity contribution in [2.24, 2.45) is 0 Å². The van der Waals surface area contributed by atoms with E-state index in [1.807, 2.05) is 0 Å². The lowest BCUT2D eigenvalue weighted by Gasteiger charge is -2.07. The summed E-state index contributed by atoms with van der Waals surface area (Å²) < 4.78 is 0. The number of aryl methyl sites for hydroxylation is 1. The molecule has 0 aromatic heterocycles. The molecule has 2 aromatic carbocycles. The van der Waals surface area contributed by atoms with Crippen LogP contribution in [-0.4, -0.2) is 4.83 Å². The fourth-order valence-electron chi connectivity index (χ4n) is 2.08. The second kappa shape index (κ2) is 5.49. The van der Waals surface area contributed by atoms with E-state index in [2.05, 4.69) is 65.3 Å². The van der Waals surface area contributed by atoms with Crippen LogP contribution < -0.4 is 0 Å². The van der Waals surface area contributed by atoms with Crippen LogP contribution in [0, 0.1) is 0 Å². The Bertz CT molecular complexity index is 454. The lowest BCUT2D eigenvalue weighted by Crippen LogP contribution is -1.93. The van der Waals surface area contributed by atoms with Gasteiger partial charge in [0.2, 0.25) is 0 Å². The molecule has 2 aromatic rings. The number of hydrogen-bond donors (Lipinski definition) is 0. The molecule has 0 N–H and O–H groups in total. The monoisotopic (exact) mass is 276 g/mol. The first-order valence-corrected chi connectivity index (χ1v) is 6.79. The van der Waals surface area contributed by atoms with Gasteiger partial charge in [-0.05, 0) is 35.6 Å². The maximum atomic E-state index is 3.60. The molecule has 84 valence electrons. The van der Waals surface area contributed by atoms with Gasteiger partial charge in [-0.25, -0.2) is 0 Å². The predicted molar refractivity (Wildman–Crippen MR) is 75.3 cm³/mol. The quantitative estimate of drug-likeness (QED) is 0.694. The van der Waals surface area contributed by atoms with E-state index >= 15 is 0 Å². The minimum Gasteiger partial charge on any atom is -0.0894 e. The molecule has 0 radical (unpaired) electrons. The third-order valence-electron chi connectivity index (χ3n) is 2.93. The van der Waals surface area contributed by atoms with Gasteiger partial charge in [0.15, 0.2) is 0 Å². The third-order valence-corrected chi connectivity index (χ3v) is 3.39. The van der Waals surface area contributed by atoms with Crippen molar-refractivity contribution in [2.45, 2.75) is 31.0 Å². The Labute approximate surface area is 106 Å². The normalized spacial score (nSPS) is 12.9.